The SMILES string of the molecule is CCNC(=O)NC(=O)C(C)Nc1cc(C)ccc1Br. The number of hydrogen-bond acceptors (Lipinski definition) is 3. The van der Waals surface area contributed by atoms with Crippen molar-refractivity contribution in [1.29, 1.82) is 0 Å². The third kappa shape index (κ3) is 4.90. The number of hydrogen-bond donors (Lipinski definition) is 3. The maximum atomic E-state index is 11.8. The van der Waals surface area contributed by atoms with Crippen molar-refractivity contribution in [3.8, 4) is 0 Å². The van der Waals surface area contributed by atoms with Crippen LogP contribution in [0.15, 0.2) is 22.7 Å². The highest BCUT2D eigenvalue weighted by atomic mass is 79.9. The number of anilines is 1. The van der Waals surface area contributed by atoms with E-state index in [1.807, 2.05) is 25.1 Å². The average molecular weight is 328 g/mol. The largest absolute Gasteiger partial charge is 0.373 e. The Kier molecular flexibility index (Phi) is 5.82. The zero-order valence-corrected chi connectivity index (χ0v) is 12.8. The molecule has 0 spiro atoms. The van der Waals surface area contributed by atoms with Crippen LogP contribution >= 0.6 is 15.9 Å². The first kappa shape index (κ1) is 15.5. The minimum absolute atomic E-state index is 0.376. The van der Waals surface area contributed by atoms with Crippen LogP contribution in [0.1, 0.15) is 19.4 Å². The van der Waals surface area contributed by atoms with Crippen LogP contribution in [0.5, 0.6) is 0 Å². The van der Waals surface area contributed by atoms with Gasteiger partial charge >= 0.3 is 6.03 Å². The molecule has 0 saturated heterocycles. The Morgan fingerprint density at radius 2 is 2.05 bits per heavy atom. The van der Waals surface area contributed by atoms with E-state index in [2.05, 4.69) is 31.9 Å². The lowest BCUT2D eigenvalue weighted by molar-refractivity contribution is -0.120. The summed E-state index contributed by atoms with van der Waals surface area (Å²) in [4.78, 5) is 23.0. The van der Waals surface area contributed by atoms with Gasteiger partial charge < -0.3 is 10.6 Å². The van der Waals surface area contributed by atoms with Crippen molar-refractivity contribution in [1.82, 2.24) is 10.6 Å². The average Bonchev–Trinajstić information content (AvgIpc) is 2.34. The number of imide groups is 1. The molecule has 6 heteroatoms. The molecule has 5 nitrogen and oxygen atoms in total. The van der Waals surface area contributed by atoms with Crippen molar-refractivity contribution in [2.24, 2.45) is 0 Å². The van der Waals surface area contributed by atoms with Crippen molar-refractivity contribution >= 4 is 33.6 Å². The summed E-state index contributed by atoms with van der Waals surface area (Å²) in [5, 5.41) is 7.84. The van der Waals surface area contributed by atoms with Crippen molar-refractivity contribution in [2.45, 2.75) is 26.8 Å². The summed E-state index contributed by atoms with van der Waals surface area (Å²) in [6.07, 6.45) is 0. The van der Waals surface area contributed by atoms with E-state index in [9.17, 15) is 9.59 Å². The number of carbonyl (C=O) groups is 2. The number of benzene rings is 1. The molecule has 0 saturated carbocycles. The third-order valence-corrected chi connectivity index (χ3v) is 3.15. The van der Waals surface area contributed by atoms with Gasteiger partial charge in [0.05, 0.1) is 0 Å². The maximum absolute atomic E-state index is 11.8. The summed E-state index contributed by atoms with van der Waals surface area (Å²) in [7, 11) is 0. The van der Waals surface area contributed by atoms with E-state index >= 15 is 0 Å². The van der Waals surface area contributed by atoms with Crippen LogP contribution in [-0.2, 0) is 4.79 Å². The van der Waals surface area contributed by atoms with E-state index < -0.39 is 12.1 Å². The molecule has 19 heavy (non-hydrogen) atoms. The van der Waals surface area contributed by atoms with Gasteiger partial charge in [0.1, 0.15) is 6.04 Å². The van der Waals surface area contributed by atoms with Gasteiger partial charge in [0.25, 0.3) is 0 Å². The van der Waals surface area contributed by atoms with Gasteiger partial charge in [0, 0.05) is 16.7 Å². The van der Waals surface area contributed by atoms with Gasteiger partial charge in [-0.05, 0) is 54.4 Å². The number of urea groups is 1. The van der Waals surface area contributed by atoms with Crippen LogP contribution < -0.4 is 16.0 Å². The van der Waals surface area contributed by atoms with Gasteiger partial charge in [-0.2, -0.15) is 0 Å². The van der Waals surface area contributed by atoms with Crippen molar-refractivity contribution in [3.63, 3.8) is 0 Å². The van der Waals surface area contributed by atoms with E-state index in [0.29, 0.717) is 6.54 Å². The minimum Gasteiger partial charge on any atom is -0.373 e. The molecular weight excluding hydrogens is 310 g/mol. The Hall–Kier alpha value is -1.56. The van der Waals surface area contributed by atoms with Gasteiger partial charge in [0.15, 0.2) is 0 Å². The Balaban J connectivity index is 2.63. The van der Waals surface area contributed by atoms with Crippen LogP contribution in [0.3, 0.4) is 0 Å². The van der Waals surface area contributed by atoms with Crippen LogP contribution in [0.2, 0.25) is 0 Å². The molecule has 0 heterocycles. The zero-order chi connectivity index (χ0) is 14.4. The highest BCUT2D eigenvalue weighted by Crippen LogP contribution is 2.23. The second-order valence-electron chi connectivity index (χ2n) is 4.20. The summed E-state index contributed by atoms with van der Waals surface area (Å²) in [5.41, 5.74) is 1.90. The fourth-order valence-corrected chi connectivity index (χ4v) is 1.83. The summed E-state index contributed by atoms with van der Waals surface area (Å²) < 4.78 is 0.871. The van der Waals surface area contributed by atoms with E-state index in [1.54, 1.807) is 13.8 Å². The lowest BCUT2D eigenvalue weighted by Crippen LogP contribution is -2.45. The molecule has 0 aromatic heterocycles. The second-order valence-corrected chi connectivity index (χ2v) is 5.05. The topological polar surface area (TPSA) is 70.2 Å². The molecule has 0 radical (unpaired) electrons. The molecule has 1 rings (SSSR count). The number of carbonyl (C=O) groups excluding carboxylic acids is 2. The smallest absolute Gasteiger partial charge is 0.321 e. The zero-order valence-electron chi connectivity index (χ0n) is 11.2. The normalized spacial score (nSPS) is 11.6. The van der Waals surface area contributed by atoms with Crippen LogP contribution in [-0.4, -0.2) is 24.5 Å². The number of nitrogens with one attached hydrogen (secondary N) is 3. The Morgan fingerprint density at radius 1 is 1.37 bits per heavy atom. The third-order valence-electron chi connectivity index (χ3n) is 2.46. The predicted molar refractivity (Wildman–Crippen MR) is 79.2 cm³/mol. The molecule has 0 aliphatic rings. The standard InChI is InChI=1S/C13H18BrN3O2/c1-4-15-13(19)17-12(18)9(3)16-11-7-8(2)5-6-10(11)14/h5-7,9,16H,4H2,1-3H3,(H2,15,17,18,19). The Morgan fingerprint density at radius 3 is 2.68 bits per heavy atom. The van der Waals surface area contributed by atoms with Gasteiger partial charge in [0.2, 0.25) is 5.91 Å². The highest BCUT2D eigenvalue weighted by molar-refractivity contribution is 9.10. The molecule has 1 aromatic rings. The Bertz CT molecular complexity index is 477. The summed E-state index contributed by atoms with van der Waals surface area (Å²) in [5.74, 6) is -0.376. The van der Waals surface area contributed by atoms with E-state index in [0.717, 1.165) is 15.7 Å². The minimum atomic E-state index is -0.513. The Labute approximate surface area is 121 Å². The van der Waals surface area contributed by atoms with Crippen LogP contribution in [0.25, 0.3) is 0 Å². The number of aryl methyl sites for hydroxylation is 1. The molecule has 1 unspecified atom stereocenters. The molecular formula is C13H18BrN3O2. The quantitative estimate of drug-likeness (QED) is 0.795. The molecule has 1 aromatic carbocycles. The predicted octanol–water partition coefficient (Wildman–Crippen LogP) is 2.40. The fourth-order valence-electron chi connectivity index (χ4n) is 1.47. The summed E-state index contributed by atoms with van der Waals surface area (Å²) in [6.45, 7) is 5.93. The first-order valence-corrected chi connectivity index (χ1v) is 6.84. The van der Waals surface area contributed by atoms with Gasteiger partial charge in [-0.15, -0.1) is 0 Å². The molecule has 0 fully saturated rings. The molecule has 1 atom stereocenters. The summed E-state index contributed by atoms with van der Waals surface area (Å²) >= 11 is 3.41. The number of rotatable bonds is 4. The highest BCUT2D eigenvalue weighted by Gasteiger charge is 2.16. The molecule has 3 N–H and O–H groups in total. The fraction of sp³-hybridized carbons (Fsp3) is 0.385. The summed E-state index contributed by atoms with van der Waals surface area (Å²) in [6, 6.07) is 4.81. The van der Waals surface area contributed by atoms with E-state index in [1.165, 1.54) is 0 Å². The van der Waals surface area contributed by atoms with Gasteiger partial charge in [-0.1, -0.05) is 6.07 Å². The lowest BCUT2D eigenvalue weighted by atomic mass is 10.2. The molecule has 3 amide bonds. The van der Waals surface area contributed by atoms with Crippen LogP contribution in [0.4, 0.5) is 10.5 Å². The first-order valence-electron chi connectivity index (χ1n) is 6.05. The lowest BCUT2D eigenvalue weighted by Gasteiger charge is -2.16. The van der Waals surface area contributed by atoms with Gasteiger partial charge in [-0.25, -0.2) is 4.79 Å². The van der Waals surface area contributed by atoms with Crippen molar-refractivity contribution < 1.29 is 9.59 Å². The van der Waals surface area contributed by atoms with Crippen molar-refractivity contribution in [2.75, 3.05) is 11.9 Å². The van der Waals surface area contributed by atoms with Gasteiger partial charge in [-0.3, -0.25) is 10.1 Å². The van der Waals surface area contributed by atoms with E-state index in [-0.39, 0.29) is 5.91 Å². The monoisotopic (exact) mass is 327 g/mol. The molecule has 0 aliphatic carbocycles. The first-order chi connectivity index (χ1) is 8.93. The molecule has 104 valence electrons. The van der Waals surface area contributed by atoms with Crippen LogP contribution in [0, 0.1) is 6.92 Å². The maximum Gasteiger partial charge on any atom is 0.321 e. The number of amides is 3. The molecule has 0 aliphatic heterocycles. The van der Waals surface area contributed by atoms with E-state index in [4.69, 9.17) is 0 Å². The molecule has 0 bridgehead atoms. The van der Waals surface area contributed by atoms with Crippen molar-refractivity contribution in [3.05, 3.63) is 28.2 Å². The second kappa shape index (κ2) is 7.13. The number of halogens is 1.